The van der Waals surface area contributed by atoms with Crippen molar-refractivity contribution in [2.75, 3.05) is 17.3 Å². The largest absolute Gasteiger partial charge is 0.416 e. The van der Waals surface area contributed by atoms with Crippen LogP contribution in [0.2, 0.25) is 0 Å². The highest BCUT2D eigenvalue weighted by atomic mass is 19.4. The number of amidine groups is 1. The molecule has 41 heavy (non-hydrogen) atoms. The number of nitrogens with one attached hydrogen (secondary N) is 2. The van der Waals surface area contributed by atoms with Gasteiger partial charge in [0.05, 0.1) is 23.1 Å². The van der Waals surface area contributed by atoms with Gasteiger partial charge in [0.15, 0.2) is 0 Å². The second-order valence-electron chi connectivity index (χ2n) is 9.91. The molecule has 5 rings (SSSR count). The van der Waals surface area contributed by atoms with Crippen LogP contribution in [0, 0.1) is 25.7 Å². The Labute approximate surface area is 234 Å². The zero-order valence-electron chi connectivity index (χ0n) is 22.8. The number of aliphatic imine (C=N–C) groups is 1. The van der Waals surface area contributed by atoms with E-state index in [1.807, 2.05) is 20.8 Å². The number of nitrogens with two attached hydrogens (primary N) is 1. The first kappa shape index (κ1) is 27.5. The van der Waals surface area contributed by atoms with E-state index in [9.17, 15) is 18.0 Å². The summed E-state index contributed by atoms with van der Waals surface area (Å²) in [6.07, 6.45) is -1.59. The number of alkyl halides is 3. The highest BCUT2D eigenvalue weighted by Crippen LogP contribution is 2.33. The number of aryl methyl sites for hydroxylation is 2. The van der Waals surface area contributed by atoms with Crippen LogP contribution in [0.5, 0.6) is 0 Å². The Morgan fingerprint density at radius 1 is 1.15 bits per heavy atom. The van der Waals surface area contributed by atoms with Crippen molar-refractivity contribution in [2.45, 2.75) is 39.9 Å². The predicted molar refractivity (Wildman–Crippen MR) is 150 cm³/mol. The van der Waals surface area contributed by atoms with Crippen LogP contribution in [0.25, 0.3) is 5.69 Å². The van der Waals surface area contributed by atoms with Gasteiger partial charge in [0.1, 0.15) is 24.0 Å². The quantitative estimate of drug-likeness (QED) is 0.303. The summed E-state index contributed by atoms with van der Waals surface area (Å²) < 4.78 is 44.2. The van der Waals surface area contributed by atoms with Gasteiger partial charge in [-0.25, -0.2) is 14.7 Å². The molecule has 0 spiro atoms. The summed E-state index contributed by atoms with van der Waals surface area (Å²) in [5.41, 5.74) is 8.77. The van der Waals surface area contributed by atoms with E-state index < -0.39 is 17.6 Å². The first-order chi connectivity index (χ1) is 19.4. The van der Waals surface area contributed by atoms with E-state index in [0.29, 0.717) is 35.0 Å². The van der Waals surface area contributed by atoms with Gasteiger partial charge in [-0.3, -0.25) is 4.79 Å². The van der Waals surface area contributed by atoms with Crippen molar-refractivity contribution in [3.05, 3.63) is 88.1 Å². The number of carbonyl (C=O) groups is 1. The number of aromatic nitrogens is 4. The molecule has 0 bridgehead atoms. The van der Waals surface area contributed by atoms with Gasteiger partial charge in [-0.05, 0) is 69.5 Å². The molecule has 2 aromatic carbocycles. The lowest BCUT2D eigenvalue weighted by atomic mass is 10.0. The summed E-state index contributed by atoms with van der Waals surface area (Å²) in [5, 5.41) is 10.4. The molecule has 0 saturated heterocycles. The fourth-order valence-electron chi connectivity index (χ4n) is 4.37. The Kier molecular flexibility index (Phi) is 7.04. The normalized spacial score (nSPS) is 12.7. The lowest BCUT2D eigenvalue weighted by molar-refractivity contribution is -0.137. The molecule has 4 N–H and O–H groups in total. The van der Waals surface area contributed by atoms with E-state index in [2.05, 4.69) is 37.5 Å². The molecule has 12 heteroatoms. The summed E-state index contributed by atoms with van der Waals surface area (Å²) in [7, 11) is 0. The third-order valence-corrected chi connectivity index (χ3v) is 6.48. The van der Waals surface area contributed by atoms with Crippen molar-refractivity contribution in [2.24, 2.45) is 10.7 Å². The van der Waals surface area contributed by atoms with Crippen LogP contribution in [0.1, 0.15) is 63.9 Å². The van der Waals surface area contributed by atoms with Crippen molar-refractivity contribution in [3.8, 4) is 17.5 Å². The monoisotopic (exact) mass is 560 g/mol. The molecule has 210 valence electrons. The number of halogens is 3. The van der Waals surface area contributed by atoms with E-state index in [4.69, 9.17) is 5.73 Å². The zero-order valence-corrected chi connectivity index (χ0v) is 22.8. The predicted octanol–water partition coefficient (Wildman–Crippen LogP) is 5.03. The Morgan fingerprint density at radius 3 is 2.61 bits per heavy atom. The first-order valence-electron chi connectivity index (χ1n) is 12.7. The third-order valence-electron chi connectivity index (χ3n) is 6.48. The molecule has 1 aliphatic heterocycles. The van der Waals surface area contributed by atoms with Crippen molar-refractivity contribution >= 4 is 23.2 Å². The average Bonchev–Trinajstić information content (AvgIpc) is 3.52. The van der Waals surface area contributed by atoms with Crippen LogP contribution in [0.15, 0.2) is 53.9 Å². The number of nitrogens with zero attached hydrogens (tertiary/aromatic N) is 5. The van der Waals surface area contributed by atoms with Crippen molar-refractivity contribution < 1.29 is 18.0 Å². The standard InChI is InChI=1S/C29H27F3N8O/c1-16(2)40-27-25(26(33)34-14-35-27)24(38-40)8-7-19-9-20(6-5-17(19)3)28(41)37-22-10-21(29(30,31)32)11-23(12-22)39-13-18(4)36-15-39/h5-6,9-13,15-16,35H,14H2,1-4H3,(H2,33,34)(H,37,41). The maximum absolute atomic E-state index is 13.6. The molecular formula is C29H27F3N8O. The highest BCUT2D eigenvalue weighted by Gasteiger charge is 2.31. The first-order valence-corrected chi connectivity index (χ1v) is 12.7. The lowest BCUT2D eigenvalue weighted by Gasteiger charge is -2.16. The van der Waals surface area contributed by atoms with E-state index in [1.54, 1.807) is 36.0 Å². The molecular weight excluding hydrogens is 533 g/mol. The van der Waals surface area contributed by atoms with Gasteiger partial charge in [0.2, 0.25) is 0 Å². The SMILES string of the molecule is Cc1cn(-c2cc(NC(=O)c3ccc(C)c(C#Cc4nn(C(C)C)c5c4C(N)=NCN5)c3)cc(C(F)(F)F)c2)cn1. The number of hydrogen-bond acceptors (Lipinski definition) is 6. The molecule has 1 amide bonds. The van der Waals surface area contributed by atoms with Gasteiger partial charge in [-0.15, -0.1) is 0 Å². The lowest BCUT2D eigenvalue weighted by Crippen LogP contribution is -2.24. The molecule has 0 unspecified atom stereocenters. The number of benzene rings is 2. The molecule has 0 fully saturated rings. The smallest absolute Gasteiger partial charge is 0.383 e. The number of amides is 1. The van der Waals surface area contributed by atoms with E-state index in [0.717, 1.165) is 23.5 Å². The number of rotatable bonds is 4. The Hall–Kier alpha value is -5.05. The molecule has 3 heterocycles. The maximum atomic E-state index is 13.6. The second kappa shape index (κ2) is 10.5. The molecule has 1 aliphatic rings. The fourth-order valence-corrected chi connectivity index (χ4v) is 4.37. The third kappa shape index (κ3) is 5.65. The Balaban J connectivity index is 1.46. The van der Waals surface area contributed by atoms with Crippen LogP contribution < -0.4 is 16.4 Å². The summed E-state index contributed by atoms with van der Waals surface area (Å²) in [6, 6.07) is 8.32. The van der Waals surface area contributed by atoms with Crippen molar-refractivity contribution in [3.63, 3.8) is 0 Å². The molecule has 4 aromatic rings. The van der Waals surface area contributed by atoms with Crippen LogP contribution in [-0.4, -0.2) is 37.7 Å². The van der Waals surface area contributed by atoms with Gasteiger partial charge >= 0.3 is 6.18 Å². The number of carbonyl (C=O) groups excluding carboxylic acids is 1. The molecule has 9 nitrogen and oxygen atoms in total. The van der Waals surface area contributed by atoms with Gasteiger partial charge in [0, 0.05) is 34.7 Å². The van der Waals surface area contributed by atoms with Crippen LogP contribution in [-0.2, 0) is 6.18 Å². The highest BCUT2D eigenvalue weighted by molar-refractivity contribution is 6.05. The molecule has 0 aliphatic carbocycles. The topological polar surface area (TPSA) is 115 Å². The van der Waals surface area contributed by atoms with E-state index in [-0.39, 0.29) is 23.0 Å². The molecule has 0 saturated carbocycles. The van der Waals surface area contributed by atoms with E-state index in [1.165, 1.54) is 17.0 Å². The summed E-state index contributed by atoms with van der Waals surface area (Å²) in [5.74, 6) is 6.63. The van der Waals surface area contributed by atoms with Crippen LogP contribution in [0.4, 0.5) is 24.7 Å². The van der Waals surface area contributed by atoms with Gasteiger partial charge in [-0.1, -0.05) is 12.0 Å². The van der Waals surface area contributed by atoms with Crippen molar-refractivity contribution in [1.29, 1.82) is 0 Å². The van der Waals surface area contributed by atoms with Crippen LogP contribution >= 0.6 is 0 Å². The minimum atomic E-state index is -4.61. The maximum Gasteiger partial charge on any atom is 0.416 e. The minimum absolute atomic E-state index is 0.00694. The average molecular weight is 561 g/mol. The van der Waals surface area contributed by atoms with Gasteiger partial charge in [0.25, 0.3) is 5.91 Å². The summed E-state index contributed by atoms with van der Waals surface area (Å²) in [6.45, 7) is 7.90. The van der Waals surface area contributed by atoms with Crippen LogP contribution in [0.3, 0.4) is 0 Å². The second-order valence-corrected chi connectivity index (χ2v) is 9.91. The Morgan fingerprint density at radius 2 is 1.93 bits per heavy atom. The minimum Gasteiger partial charge on any atom is -0.383 e. The van der Waals surface area contributed by atoms with Gasteiger partial charge in [-0.2, -0.15) is 18.3 Å². The number of imidazole rings is 1. The Bertz CT molecular complexity index is 1750. The number of anilines is 2. The molecule has 0 atom stereocenters. The number of hydrogen-bond donors (Lipinski definition) is 3. The summed E-state index contributed by atoms with van der Waals surface area (Å²) in [4.78, 5) is 21.5. The molecule has 0 radical (unpaired) electrons. The number of fused-ring (bicyclic) bond motifs is 1. The van der Waals surface area contributed by atoms with Gasteiger partial charge < -0.3 is 20.9 Å². The fraction of sp³-hybridized carbons (Fsp3) is 0.241. The van der Waals surface area contributed by atoms with E-state index >= 15 is 0 Å². The summed E-state index contributed by atoms with van der Waals surface area (Å²) >= 11 is 0. The zero-order chi connectivity index (χ0) is 29.5. The van der Waals surface area contributed by atoms with Crippen molar-refractivity contribution in [1.82, 2.24) is 19.3 Å². The molecule has 2 aromatic heterocycles.